The van der Waals surface area contributed by atoms with Gasteiger partial charge in [-0.25, -0.2) is 8.78 Å². The van der Waals surface area contributed by atoms with E-state index in [4.69, 9.17) is 0 Å². The highest BCUT2D eigenvalue weighted by molar-refractivity contribution is 5.93. The molecule has 0 saturated carbocycles. The molecule has 3 N–H and O–H groups in total. The Labute approximate surface area is 142 Å². The molecule has 0 bridgehead atoms. The minimum absolute atomic E-state index is 0.181. The fourth-order valence-corrected chi connectivity index (χ4v) is 2.41. The number of carbonyl (C=O) groups is 1. The number of benzene rings is 2. The van der Waals surface area contributed by atoms with E-state index in [9.17, 15) is 18.7 Å². The number of aliphatic hydroxyl groups excluding tert-OH is 1. The zero-order valence-corrected chi connectivity index (χ0v) is 13.0. The van der Waals surface area contributed by atoms with Gasteiger partial charge >= 0.3 is 0 Å². The van der Waals surface area contributed by atoms with Gasteiger partial charge in [0, 0.05) is 12.1 Å². The monoisotopic (exact) mass is 343 g/mol. The molecule has 2 aromatic carbocycles. The Morgan fingerprint density at radius 1 is 1.12 bits per heavy atom. The second-order valence-corrected chi connectivity index (χ2v) is 5.39. The minimum atomic E-state index is -1.50. The molecule has 7 heteroatoms. The number of aromatic nitrogens is 2. The zero-order valence-electron chi connectivity index (χ0n) is 13.0. The van der Waals surface area contributed by atoms with E-state index >= 15 is 0 Å². The van der Waals surface area contributed by atoms with Crippen LogP contribution in [0.4, 0.5) is 8.78 Å². The van der Waals surface area contributed by atoms with Crippen molar-refractivity contribution >= 4 is 5.91 Å². The number of hydrogen-bond acceptors (Lipinski definition) is 3. The smallest absolute Gasteiger partial charge is 0.269 e. The summed E-state index contributed by atoms with van der Waals surface area (Å²) in [5.41, 5.74) is 1.13. The van der Waals surface area contributed by atoms with Gasteiger partial charge in [-0.1, -0.05) is 36.4 Å². The fourth-order valence-electron chi connectivity index (χ4n) is 2.41. The van der Waals surface area contributed by atoms with Crippen molar-refractivity contribution in [1.82, 2.24) is 15.5 Å². The summed E-state index contributed by atoms with van der Waals surface area (Å²) in [6.45, 7) is -0.337. The molecule has 0 aliphatic heterocycles. The maximum absolute atomic E-state index is 13.6. The SMILES string of the molecule is O=C(NCC(O)c1c(F)cccc1F)c1cc(-c2ccccc2)n[nH]1. The molecule has 1 heterocycles. The van der Waals surface area contributed by atoms with Crippen LogP contribution in [0.1, 0.15) is 22.2 Å². The van der Waals surface area contributed by atoms with E-state index in [0.29, 0.717) is 5.69 Å². The number of amides is 1. The van der Waals surface area contributed by atoms with Gasteiger partial charge in [0.15, 0.2) is 0 Å². The number of H-pyrrole nitrogens is 1. The molecule has 1 amide bonds. The lowest BCUT2D eigenvalue weighted by Crippen LogP contribution is -2.29. The minimum Gasteiger partial charge on any atom is -0.386 e. The molecule has 0 aliphatic rings. The van der Waals surface area contributed by atoms with Crippen LogP contribution in [0.2, 0.25) is 0 Å². The van der Waals surface area contributed by atoms with Gasteiger partial charge in [-0.15, -0.1) is 0 Å². The Morgan fingerprint density at radius 3 is 2.48 bits per heavy atom. The summed E-state index contributed by atoms with van der Waals surface area (Å²) in [6.07, 6.45) is -1.50. The summed E-state index contributed by atoms with van der Waals surface area (Å²) >= 11 is 0. The Kier molecular flexibility index (Phi) is 4.85. The van der Waals surface area contributed by atoms with Crippen molar-refractivity contribution in [2.24, 2.45) is 0 Å². The van der Waals surface area contributed by atoms with Gasteiger partial charge < -0.3 is 10.4 Å². The average Bonchev–Trinajstić information content (AvgIpc) is 3.10. The molecule has 0 saturated heterocycles. The van der Waals surface area contributed by atoms with Crippen molar-refractivity contribution in [2.75, 3.05) is 6.54 Å². The van der Waals surface area contributed by atoms with Crippen LogP contribution in [-0.2, 0) is 0 Å². The molecule has 3 aromatic rings. The van der Waals surface area contributed by atoms with E-state index in [1.165, 1.54) is 6.07 Å². The van der Waals surface area contributed by atoms with Crippen LogP contribution in [0.3, 0.4) is 0 Å². The third-order valence-corrected chi connectivity index (χ3v) is 3.68. The first-order valence-electron chi connectivity index (χ1n) is 7.57. The van der Waals surface area contributed by atoms with Gasteiger partial charge in [0.05, 0.1) is 11.3 Å². The number of rotatable bonds is 5. The van der Waals surface area contributed by atoms with Gasteiger partial charge in [-0.05, 0) is 18.2 Å². The lowest BCUT2D eigenvalue weighted by atomic mass is 10.1. The van der Waals surface area contributed by atoms with E-state index in [1.807, 2.05) is 30.3 Å². The Hall–Kier alpha value is -3.06. The number of aliphatic hydroxyl groups is 1. The van der Waals surface area contributed by atoms with Crippen molar-refractivity contribution in [2.45, 2.75) is 6.10 Å². The molecule has 25 heavy (non-hydrogen) atoms. The standard InChI is InChI=1S/C18H15F2N3O2/c19-12-7-4-8-13(20)17(12)16(24)10-21-18(25)15-9-14(22-23-15)11-5-2-1-3-6-11/h1-9,16,24H,10H2,(H,21,25)(H,22,23). The number of hydrogen-bond donors (Lipinski definition) is 3. The van der Waals surface area contributed by atoms with Gasteiger partial charge in [0.2, 0.25) is 0 Å². The maximum atomic E-state index is 13.6. The van der Waals surface area contributed by atoms with Crippen LogP contribution < -0.4 is 5.32 Å². The van der Waals surface area contributed by atoms with Crippen LogP contribution in [0.5, 0.6) is 0 Å². The highest BCUT2D eigenvalue weighted by atomic mass is 19.1. The fraction of sp³-hybridized carbons (Fsp3) is 0.111. The molecule has 0 radical (unpaired) electrons. The molecular formula is C18H15F2N3O2. The summed E-state index contributed by atoms with van der Waals surface area (Å²) in [7, 11) is 0. The third kappa shape index (κ3) is 3.72. The largest absolute Gasteiger partial charge is 0.386 e. The van der Waals surface area contributed by atoms with Gasteiger partial charge in [-0.2, -0.15) is 5.10 Å². The Morgan fingerprint density at radius 2 is 1.80 bits per heavy atom. The third-order valence-electron chi connectivity index (χ3n) is 3.68. The molecular weight excluding hydrogens is 328 g/mol. The number of carbonyl (C=O) groups excluding carboxylic acids is 1. The normalized spacial score (nSPS) is 12.0. The maximum Gasteiger partial charge on any atom is 0.269 e. The molecule has 1 aromatic heterocycles. The van der Waals surface area contributed by atoms with Crippen molar-refractivity contribution < 1.29 is 18.7 Å². The summed E-state index contributed by atoms with van der Waals surface area (Å²) < 4.78 is 27.2. The summed E-state index contributed by atoms with van der Waals surface area (Å²) in [5.74, 6) is -2.27. The highest BCUT2D eigenvalue weighted by Gasteiger charge is 2.19. The van der Waals surface area contributed by atoms with Gasteiger partial charge in [0.1, 0.15) is 23.4 Å². The van der Waals surface area contributed by atoms with E-state index < -0.39 is 29.2 Å². The average molecular weight is 343 g/mol. The number of nitrogens with zero attached hydrogens (tertiary/aromatic N) is 1. The van der Waals surface area contributed by atoms with Crippen molar-refractivity contribution in [3.8, 4) is 11.3 Å². The highest BCUT2D eigenvalue weighted by Crippen LogP contribution is 2.20. The second-order valence-electron chi connectivity index (χ2n) is 5.39. The lowest BCUT2D eigenvalue weighted by molar-refractivity contribution is 0.0906. The molecule has 0 spiro atoms. The van der Waals surface area contributed by atoms with Gasteiger partial charge in [-0.3, -0.25) is 9.89 Å². The van der Waals surface area contributed by atoms with Crippen molar-refractivity contribution in [1.29, 1.82) is 0 Å². The second kappa shape index (κ2) is 7.23. The Bertz CT molecular complexity index is 861. The number of aromatic amines is 1. The van der Waals surface area contributed by atoms with E-state index in [-0.39, 0.29) is 12.2 Å². The van der Waals surface area contributed by atoms with Crippen LogP contribution in [0.25, 0.3) is 11.3 Å². The predicted octanol–water partition coefficient (Wildman–Crippen LogP) is 2.82. The molecule has 1 atom stereocenters. The van der Waals surface area contributed by atoms with E-state index in [0.717, 1.165) is 17.7 Å². The van der Waals surface area contributed by atoms with Crippen molar-refractivity contribution in [3.63, 3.8) is 0 Å². The predicted molar refractivity (Wildman–Crippen MR) is 87.7 cm³/mol. The van der Waals surface area contributed by atoms with Crippen molar-refractivity contribution in [3.05, 3.63) is 77.5 Å². The zero-order chi connectivity index (χ0) is 17.8. The topological polar surface area (TPSA) is 78.0 Å². The summed E-state index contributed by atoms with van der Waals surface area (Å²) in [4.78, 5) is 12.1. The molecule has 3 rings (SSSR count). The van der Waals surface area contributed by atoms with Gasteiger partial charge in [0.25, 0.3) is 5.91 Å². The lowest BCUT2D eigenvalue weighted by Gasteiger charge is -2.13. The molecule has 128 valence electrons. The van der Waals surface area contributed by atoms with Crippen LogP contribution >= 0.6 is 0 Å². The molecule has 0 aliphatic carbocycles. The van der Waals surface area contributed by atoms with Crippen LogP contribution in [0, 0.1) is 11.6 Å². The summed E-state index contributed by atoms with van der Waals surface area (Å²) in [6, 6.07) is 14.1. The molecule has 1 unspecified atom stereocenters. The Balaban J connectivity index is 1.66. The van der Waals surface area contributed by atoms with Crippen LogP contribution in [0.15, 0.2) is 54.6 Å². The first-order valence-corrected chi connectivity index (χ1v) is 7.57. The van der Waals surface area contributed by atoms with E-state index in [1.54, 1.807) is 6.07 Å². The molecule has 0 fully saturated rings. The first kappa shape index (κ1) is 16.8. The number of nitrogens with one attached hydrogen (secondary N) is 2. The quantitative estimate of drug-likeness (QED) is 0.667. The first-order chi connectivity index (χ1) is 12.1. The van der Waals surface area contributed by atoms with E-state index in [2.05, 4.69) is 15.5 Å². The molecule has 5 nitrogen and oxygen atoms in total. The summed E-state index contributed by atoms with van der Waals surface area (Å²) in [5, 5.41) is 19.0. The van der Waals surface area contributed by atoms with Crippen LogP contribution in [-0.4, -0.2) is 27.8 Å². The number of halogens is 2.